The Labute approximate surface area is 88.5 Å². The van der Waals surface area contributed by atoms with Gasteiger partial charge in [-0.1, -0.05) is 44.8 Å². The maximum Gasteiger partial charge on any atom is 0.0721 e. The van der Waals surface area contributed by atoms with Crippen molar-refractivity contribution in [2.75, 3.05) is 6.61 Å². The third-order valence-corrected chi connectivity index (χ3v) is 3.30. The van der Waals surface area contributed by atoms with Crippen LogP contribution in [0.2, 0.25) is 0 Å². The summed E-state index contributed by atoms with van der Waals surface area (Å²) in [4.78, 5) is 0. The summed E-state index contributed by atoms with van der Waals surface area (Å²) in [6.07, 6.45) is 9.71. The molecule has 0 amide bonds. The highest BCUT2D eigenvalue weighted by Gasteiger charge is 2.30. The summed E-state index contributed by atoms with van der Waals surface area (Å²) in [5, 5.41) is 0. The molecule has 1 rings (SSSR count). The van der Waals surface area contributed by atoms with Gasteiger partial charge >= 0.3 is 0 Å². The maximum absolute atomic E-state index is 5.96. The van der Waals surface area contributed by atoms with Crippen molar-refractivity contribution in [2.45, 2.75) is 64.9 Å². The molecule has 0 spiro atoms. The van der Waals surface area contributed by atoms with Crippen molar-refractivity contribution in [1.82, 2.24) is 0 Å². The molecule has 0 saturated carbocycles. The van der Waals surface area contributed by atoms with Crippen LogP contribution in [-0.2, 0) is 4.74 Å². The zero-order valence-corrected chi connectivity index (χ0v) is 9.94. The molecule has 1 atom stereocenters. The largest absolute Gasteiger partial charge is 0.371 e. The van der Waals surface area contributed by atoms with E-state index in [0.717, 1.165) is 19.4 Å². The monoisotopic (exact) mass is 196 g/mol. The predicted octanol–water partition coefficient (Wildman–Crippen LogP) is 4.08. The van der Waals surface area contributed by atoms with E-state index in [0.29, 0.717) is 0 Å². The first-order valence-electron chi connectivity index (χ1n) is 6.02. The molecule has 1 unspecified atom stereocenters. The zero-order valence-electron chi connectivity index (χ0n) is 9.94. The molecule has 1 nitrogen and oxygen atoms in total. The first-order valence-corrected chi connectivity index (χ1v) is 6.02. The van der Waals surface area contributed by atoms with Crippen LogP contribution in [0.3, 0.4) is 0 Å². The van der Waals surface area contributed by atoms with Gasteiger partial charge in [0, 0.05) is 0 Å². The third-order valence-electron chi connectivity index (χ3n) is 3.30. The topological polar surface area (TPSA) is 9.23 Å². The van der Waals surface area contributed by atoms with Crippen molar-refractivity contribution in [1.29, 1.82) is 0 Å². The fourth-order valence-corrected chi connectivity index (χ4v) is 2.25. The van der Waals surface area contributed by atoms with Crippen molar-refractivity contribution in [3.05, 3.63) is 11.6 Å². The molecule has 1 heterocycles. The molecular formula is C13H24O. The molecule has 0 radical (unpaired) electrons. The second kappa shape index (κ2) is 5.55. The standard InChI is InChI=1S/C13H24O/c1-4-6-7-9-13(5-2)11-12(3)8-10-14-13/h8H,4-7,9-11H2,1-3H3. The van der Waals surface area contributed by atoms with Gasteiger partial charge in [0.05, 0.1) is 12.2 Å². The minimum Gasteiger partial charge on any atom is -0.371 e. The molecule has 0 fully saturated rings. The summed E-state index contributed by atoms with van der Waals surface area (Å²) < 4.78 is 5.96. The van der Waals surface area contributed by atoms with Crippen LogP contribution in [-0.4, -0.2) is 12.2 Å². The second-order valence-corrected chi connectivity index (χ2v) is 4.53. The lowest BCUT2D eigenvalue weighted by atomic mass is 9.85. The molecule has 0 bridgehead atoms. The van der Waals surface area contributed by atoms with Crippen molar-refractivity contribution < 1.29 is 4.74 Å². The van der Waals surface area contributed by atoms with Gasteiger partial charge in [0.15, 0.2) is 0 Å². The second-order valence-electron chi connectivity index (χ2n) is 4.53. The first kappa shape index (κ1) is 11.8. The minimum atomic E-state index is 0.175. The van der Waals surface area contributed by atoms with E-state index in [-0.39, 0.29) is 5.60 Å². The summed E-state index contributed by atoms with van der Waals surface area (Å²) in [6.45, 7) is 7.56. The summed E-state index contributed by atoms with van der Waals surface area (Å²) in [7, 11) is 0. The Balaban J connectivity index is 2.45. The minimum absolute atomic E-state index is 0.175. The SMILES string of the molecule is CCCCCC1(CC)CC(C)=CCO1. The van der Waals surface area contributed by atoms with E-state index in [1.54, 1.807) is 0 Å². The molecule has 0 aromatic rings. The van der Waals surface area contributed by atoms with Gasteiger partial charge in [-0.2, -0.15) is 0 Å². The Kier molecular flexibility index (Phi) is 4.67. The number of hydrogen-bond acceptors (Lipinski definition) is 1. The lowest BCUT2D eigenvalue weighted by molar-refractivity contribution is -0.0501. The van der Waals surface area contributed by atoms with Gasteiger partial charge in [-0.3, -0.25) is 0 Å². The average Bonchev–Trinajstić information content (AvgIpc) is 2.18. The molecule has 0 N–H and O–H groups in total. The maximum atomic E-state index is 5.96. The summed E-state index contributed by atoms with van der Waals surface area (Å²) in [5.74, 6) is 0. The molecule has 0 aliphatic carbocycles. The predicted molar refractivity (Wildman–Crippen MR) is 61.5 cm³/mol. The molecule has 1 aliphatic heterocycles. The van der Waals surface area contributed by atoms with Crippen LogP contribution in [0.1, 0.15) is 59.3 Å². The molecule has 1 heteroatoms. The Morgan fingerprint density at radius 1 is 1.36 bits per heavy atom. The van der Waals surface area contributed by atoms with Crippen LogP contribution in [0.5, 0.6) is 0 Å². The van der Waals surface area contributed by atoms with E-state index in [1.807, 2.05) is 0 Å². The molecular weight excluding hydrogens is 172 g/mol. The summed E-state index contributed by atoms with van der Waals surface area (Å²) in [5.41, 5.74) is 1.68. The molecule has 0 aromatic heterocycles. The van der Waals surface area contributed by atoms with Gasteiger partial charge in [-0.05, 0) is 26.2 Å². The Morgan fingerprint density at radius 2 is 2.14 bits per heavy atom. The van der Waals surface area contributed by atoms with Crippen molar-refractivity contribution in [2.24, 2.45) is 0 Å². The highest BCUT2D eigenvalue weighted by atomic mass is 16.5. The van der Waals surface area contributed by atoms with E-state index < -0.39 is 0 Å². The van der Waals surface area contributed by atoms with E-state index >= 15 is 0 Å². The van der Waals surface area contributed by atoms with E-state index in [9.17, 15) is 0 Å². The van der Waals surface area contributed by atoms with Gasteiger partial charge < -0.3 is 4.74 Å². The number of unbranched alkanes of at least 4 members (excludes halogenated alkanes) is 2. The fourth-order valence-electron chi connectivity index (χ4n) is 2.25. The van der Waals surface area contributed by atoms with Gasteiger partial charge in [0.1, 0.15) is 0 Å². The van der Waals surface area contributed by atoms with Crippen LogP contribution in [0.4, 0.5) is 0 Å². The van der Waals surface area contributed by atoms with Crippen LogP contribution in [0.15, 0.2) is 11.6 Å². The van der Waals surface area contributed by atoms with Gasteiger partial charge in [0.25, 0.3) is 0 Å². The number of hydrogen-bond donors (Lipinski definition) is 0. The fraction of sp³-hybridized carbons (Fsp3) is 0.846. The zero-order chi connectivity index (χ0) is 10.4. The van der Waals surface area contributed by atoms with Crippen molar-refractivity contribution >= 4 is 0 Å². The van der Waals surface area contributed by atoms with Crippen LogP contribution >= 0.6 is 0 Å². The molecule has 14 heavy (non-hydrogen) atoms. The van der Waals surface area contributed by atoms with Crippen molar-refractivity contribution in [3.63, 3.8) is 0 Å². The lowest BCUT2D eigenvalue weighted by Gasteiger charge is -2.36. The lowest BCUT2D eigenvalue weighted by Crippen LogP contribution is -2.35. The Hall–Kier alpha value is -0.300. The molecule has 1 aliphatic rings. The van der Waals surface area contributed by atoms with E-state index in [1.165, 1.54) is 31.3 Å². The number of ether oxygens (including phenoxy) is 1. The molecule has 82 valence electrons. The van der Waals surface area contributed by atoms with Crippen LogP contribution < -0.4 is 0 Å². The molecule has 0 saturated heterocycles. The van der Waals surface area contributed by atoms with Gasteiger partial charge in [-0.15, -0.1) is 0 Å². The third kappa shape index (κ3) is 3.13. The van der Waals surface area contributed by atoms with Crippen LogP contribution in [0, 0.1) is 0 Å². The van der Waals surface area contributed by atoms with Gasteiger partial charge in [-0.25, -0.2) is 0 Å². The first-order chi connectivity index (χ1) is 6.72. The summed E-state index contributed by atoms with van der Waals surface area (Å²) in [6, 6.07) is 0. The van der Waals surface area contributed by atoms with E-state index in [4.69, 9.17) is 4.74 Å². The smallest absolute Gasteiger partial charge is 0.0721 e. The Bertz CT molecular complexity index is 195. The van der Waals surface area contributed by atoms with Gasteiger partial charge in [0.2, 0.25) is 0 Å². The average molecular weight is 196 g/mol. The highest BCUT2D eigenvalue weighted by molar-refractivity contribution is 5.07. The summed E-state index contributed by atoms with van der Waals surface area (Å²) >= 11 is 0. The quantitative estimate of drug-likeness (QED) is 0.475. The molecule has 0 aromatic carbocycles. The number of rotatable bonds is 5. The Morgan fingerprint density at radius 3 is 2.71 bits per heavy atom. The normalized spacial score (nSPS) is 27.5. The highest BCUT2D eigenvalue weighted by Crippen LogP contribution is 2.33. The van der Waals surface area contributed by atoms with E-state index in [2.05, 4.69) is 26.8 Å². The van der Waals surface area contributed by atoms with Crippen molar-refractivity contribution in [3.8, 4) is 0 Å². The van der Waals surface area contributed by atoms with Crippen LogP contribution in [0.25, 0.3) is 0 Å².